The van der Waals surface area contributed by atoms with Gasteiger partial charge in [-0.15, -0.1) is 0 Å². The van der Waals surface area contributed by atoms with Crippen molar-refractivity contribution in [2.75, 3.05) is 35.4 Å². The molecule has 2 N–H and O–H groups in total. The van der Waals surface area contributed by atoms with E-state index < -0.39 is 17.6 Å². The number of ether oxygens (including phenoxy) is 4. The maximum Gasteiger partial charge on any atom is 0.229 e. The zero-order valence-corrected chi connectivity index (χ0v) is 31.2. The molecule has 1 saturated heterocycles. The third kappa shape index (κ3) is 10.6. The fourth-order valence-corrected chi connectivity index (χ4v) is 6.98. The minimum Gasteiger partial charge on any atom is -0.489 e. The number of nitriles is 1. The molecular formula is C37H36ClFN4O7S2. The fourth-order valence-electron chi connectivity index (χ4n) is 5.18. The smallest absolute Gasteiger partial charge is 0.229 e. The van der Waals surface area contributed by atoms with Crippen LogP contribution in [0.4, 0.5) is 21.5 Å². The Hall–Kier alpha value is -4.39. The van der Waals surface area contributed by atoms with Gasteiger partial charge in [-0.1, -0.05) is 47.3 Å². The molecule has 0 saturated carbocycles. The first kappa shape index (κ1) is 38.8. The van der Waals surface area contributed by atoms with Crippen LogP contribution >= 0.6 is 35.1 Å². The molecule has 1 aliphatic rings. The molecule has 0 bridgehead atoms. The fraction of sp³-hybridized carbons (Fsp3) is 0.324. The van der Waals surface area contributed by atoms with Gasteiger partial charge in [-0.2, -0.15) is 5.26 Å². The van der Waals surface area contributed by atoms with Crippen LogP contribution < -0.4 is 20.1 Å². The third-order valence-electron chi connectivity index (χ3n) is 7.67. The summed E-state index contributed by atoms with van der Waals surface area (Å²) in [6.07, 6.45) is 1.05. The van der Waals surface area contributed by atoms with E-state index in [0.29, 0.717) is 40.2 Å². The van der Waals surface area contributed by atoms with Crippen molar-refractivity contribution >= 4 is 79.2 Å². The topological polar surface area (TPSA) is 149 Å². The van der Waals surface area contributed by atoms with E-state index in [9.17, 15) is 24.0 Å². The molecule has 15 heteroatoms. The predicted octanol–water partition coefficient (Wildman–Crippen LogP) is 7.87. The molecule has 0 aliphatic carbocycles. The number of amides is 1. The van der Waals surface area contributed by atoms with Crippen molar-refractivity contribution in [3.05, 3.63) is 82.8 Å². The monoisotopic (exact) mass is 766 g/mol. The molecule has 1 aliphatic heterocycles. The highest BCUT2D eigenvalue weighted by Crippen LogP contribution is 2.38. The van der Waals surface area contributed by atoms with Gasteiger partial charge in [0.05, 0.1) is 40.0 Å². The molecule has 1 aromatic heterocycles. The van der Waals surface area contributed by atoms with Gasteiger partial charge in [-0.05, 0) is 55.8 Å². The Labute approximate surface area is 313 Å². The number of halogens is 2. The first-order chi connectivity index (χ1) is 24.8. The van der Waals surface area contributed by atoms with Crippen molar-refractivity contribution in [3.8, 4) is 17.6 Å². The Kier molecular flexibility index (Phi) is 13.0. The number of anilines is 3. The minimum atomic E-state index is -0.769. The van der Waals surface area contributed by atoms with Crippen LogP contribution in [0.15, 0.2) is 60.8 Å². The lowest BCUT2D eigenvalue weighted by Crippen LogP contribution is -2.28. The number of carbonyl (C=O) groups is 3. The average Bonchev–Trinajstić information content (AvgIpc) is 3.45. The van der Waals surface area contributed by atoms with Crippen LogP contribution in [-0.2, 0) is 30.5 Å². The molecule has 272 valence electrons. The molecule has 1 amide bonds. The SMILES string of the molecule is CC(=O)SCC(CSC(C)=O)C(=O)Nc1cc2c(Nc3ccc(OCc4cccc(F)c4)c(Cl)c3)c(C#N)cnc2cc1OC[C@@H]1COC(C)(C)O1. The molecule has 4 aromatic rings. The van der Waals surface area contributed by atoms with Gasteiger partial charge in [0.25, 0.3) is 0 Å². The Morgan fingerprint density at radius 3 is 2.46 bits per heavy atom. The van der Waals surface area contributed by atoms with E-state index in [1.165, 1.54) is 32.2 Å². The molecule has 5 rings (SSSR count). The quantitative estimate of drug-likeness (QED) is 0.129. The summed E-state index contributed by atoms with van der Waals surface area (Å²) < 4.78 is 37.2. The summed E-state index contributed by atoms with van der Waals surface area (Å²) in [5, 5.41) is 16.7. The van der Waals surface area contributed by atoms with Gasteiger partial charge < -0.3 is 29.6 Å². The van der Waals surface area contributed by atoms with Crippen molar-refractivity contribution in [3.63, 3.8) is 0 Å². The zero-order valence-electron chi connectivity index (χ0n) is 28.8. The van der Waals surface area contributed by atoms with Crippen LogP contribution in [-0.4, -0.2) is 57.7 Å². The van der Waals surface area contributed by atoms with Crippen LogP contribution in [0, 0.1) is 23.1 Å². The second kappa shape index (κ2) is 17.4. The number of hydrogen-bond acceptors (Lipinski definition) is 12. The van der Waals surface area contributed by atoms with Gasteiger partial charge in [-0.3, -0.25) is 19.4 Å². The second-order valence-electron chi connectivity index (χ2n) is 12.3. The van der Waals surface area contributed by atoms with Crippen molar-refractivity contribution in [1.29, 1.82) is 5.26 Å². The van der Waals surface area contributed by atoms with Gasteiger partial charge >= 0.3 is 0 Å². The van der Waals surface area contributed by atoms with E-state index in [1.54, 1.807) is 56.3 Å². The highest BCUT2D eigenvalue weighted by atomic mass is 35.5. The lowest BCUT2D eigenvalue weighted by Gasteiger charge is -2.21. The highest BCUT2D eigenvalue weighted by molar-refractivity contribution is 8.14. The Balaban J connectivity index is 1.47. The van der Waals surface area contributed by atoms with E-state index in [1.807, 2.05) is 0 Å². The molecule has 0 unspecified atom stereocenters. The number of carbonyl (C=O) groups excluding carboxylic acids is 3. The average molecular weight is 767 g/mol. The summed E-state index contributed by atoms with van der Waals surface area (Å²) in [7, 11) is 0. The number of benzene rings is 3. The first-order valence-electron chi connectivity index (χ1n) is 16.1. The lowest BCUT2D eigenvalue weighted by atomic mass is 10.1. The number of fused-ring (bicyclic) bond motifs is 1. The standard InChI is InChI=1S/C37H36ClFN4O7S2/c1-21(44)51-19-25(20-52-22(2)45)36(46)43-32-12-29-31(13-34(32)48-17-28-18-49-37(3,4)50-28)41-15-24(14-40)35(29)42-27-8-9-33(30(38)11-27)47-16-23-6-5-7-26(39)10-23/h5-13,15,25,28H,16-20H2,1-4H3,(H,41,42)(H,43,46)/t28-/m1/s1. The molecule has 11 nitrogen and oxygen atoms in total. The van der Waals surface area contributed by atoms with Gasteiger partial charge in [0, 0.05) is 48.7 Å². The molecule has 52 heavy (non-hydrogen) atoms. The minimum absolute atomic E-state index is 0.106. The zero-order chi connectivity index (χ0) is 37.4. The van der Waals surface area contributed by atoms with Crippen LogP contribution in [0.3, 0.4) is 0 Å². The maximum absolute atomic E-state index is 13.7. The summed E-state index contributed by atoms with van der Waals surface area (Å²) in [4.78, 5) is 41.7. The summed E-state index contributed by atoms with van der Waals surface area (Å²) in [6, 6.07) is 16.5. The molecule has 2 heterocycles. The molecule has 0 spiro atoms. The van der Waals surface area contributed by atoms with Crippen LogP contribution in [0.1, 0.15) is 38.8 Å². The third-order valence-corrected chi connectivity index (χ3v) is 9.92. The van der Waals surface area contributed by atoms with Crippen molar-refractivity contribution in [2.24, 2.45) is 5.92 Å². The summed E-state index contributed by atoms with van der Waals surface area (Å²) in [5.41, 5.74) is 2.51. The normalized spacial score (nSPS) is 14.9. The number of aromatic nitrogens is 1. The van der Waals surface area contributed by atoms with Crippen molar-refractivity contribution < 1.29 is 37.7 Å². The van der Waals surface area contributed by atoms with Crippen LogP contribution in [0.25, 0.3) is 10.9 Å². The summed E-state index contributed by atoms with van der Waals surface area (Å²) in [6.45, 7) is 6.96. The van der Waals surface area contributed by atoms with Crippen LogP contribution in [0.2, 0.25) is 5.02 Å². The van der Waals surface area contributed by atoms with Gasteiger partial charge in [0.15, 0.2) is 16.0 Å². The predicted molar refractivity (Wildman–Crippen MR) is 201 cm³/mol. The lowest BCUT2D eigenvalue weighted by molar-refractivity contribution is -0.141. The van der Waals surface area contributed by atoms with E-state index in [-0.39, 0.29) is 68.9 Å². The van der Waals surface area contributed by atoms with Gasteiger partial charge in [-0.25, -0.2) is 4.39 Å². The Bertz CT molecular complexity index is 2010. The van der Waals surface area contributed by atoms with E-state index in [4.69, 9.17) is 30.5 Å². The number of pyridine rings is 1. The number of rotatable bonds is 14. The Morgan fingerprint density at radius 2 is 1.83 bits per heavy atom. The molecule has 1 fully saturated rings. The van der Waals surface area contributed by atoms with E-state index in [2.05, 4.69) is 21.7 Å². The molecular weight excluding hydrogens is 731 g/mol. The van der Waals surface area contributed by atoms with E-state index in [0.717, 1.165) is 23.5 Å². The van der Waals surface area contributed by atoms with Gasteiger partial charge in [0.2, 0.25) is 5.91 Å². The number of thioether (sulfide) groups is 2. The maximum atomic E-state index is 13.7. The van der Waals surface area contributed by atoms with Crippen molar-refractivity contribution in [1.82, 2.24) is 4.98 Å². The van der Waals surface area contributed by atoms with Gasteiger partial charge in [0.1, 0.15) is 42.7 Å². The number of hydrogen-bond donors (Lipinski definition) is 2. The summed E-state index contributed by atoms with van der Waals surface area (Å²) in [5.74, 6) is -1.25. The van der Waals surface area contributed by atoms with Crippen LogP contribution in [0.5, 0.6) is 11.5 Å². The highest BCUT2D eigenvalue weighted by Gasteiger charge is 2.33. The first-order valence-corrected chi connectivity index (χ1v) is 18.5. The molecule has 1 atom stereocenters. The van der Waals surface area contributed by atoms with Crippen molar-refractivity contribution in [2.45, 2.75) is 46.2 Å². The number of nitrogens with one attached hydrogen (secondary N) is 2. The largest absolute Gasteiger partial charge is 0.489 e. The van der Waals surface area contributed by atoms with E-state index >= 15 is 0 Å². The second-order valence-corrected chi connectivity index (χ2v) is 15.1. The summed E-state index contributed by atoms with van der Waals surface area (Å²) >= 11 is 8.57. The molecule has 0 radical (unpaired) electrons. The Morgan fingerprint density at radius 1 is 1.08 bits per heavy atom. The molecule has 3 aromatic carbocycles. The number of nitrogens with zero attached hydrogens (tertiary/aromatic N) is 2.